The number of ether oxygens (including phenoxy) is 2. The second-order valence-electron chi connectivity index (χ2n) is 8.19. The highest BCUT2D eigenvalue weighted by atomic mass is 19.4. The molecule has 186 valence electrons. The molecule has 0 spiro atoms. The van der Waals surface area contributed by atoms with Gasteiger partial charge >= 0.3 is 6.18 Å². The molecule has 0 fully saturated rings. The molecule has 8 nitrogen and oxygen atoms in total. The average molecular weight is 489 g/mol. The van der Waals surface area contributed by atoms with Crippen LogP contribution in [0.4, 0.5) is 19.0 Å². The fourth-order valence-corrected chi connectivity index (χ4v) is 3.99. The van der Waals surface area contributed by atoms with Crippen LogP contribution < -0.4 is 26.2 Å². The van der Waals surface area contributed by atoms with E-state index in [1.54, 1.807) is 56.5 Å². The van der Waals surface area contributed by atoms with Crippen molar-refractivity contribution in [1.29, 1.82) is 0 Å². The molecule has 0 amide bonds. The number of alkyl halides is 3. The normalized spacial score (nSPS) is 19.3. The molecule has 1 unspecified atom stereocenters. The van der Waals surface area contributed by atoms with Gasteiger partial charge in [0.2, 0.25) is 0 Å². The molecular formula is C24H26F3N5O3. The van der Waals surface area contributed by atoms with E-state index in [-0.39, 0.29) is 23.4 Å². The Kier molecular flexibility index (Phi) is 6.51. The zero-order chi connectivity index (χ0) is 25.3. The van der Waals surface area contributed by atoms with Gasteiger partial charge in [0.15, 0.2) is 5.96 Å². The monoisotopic (exact) mass is 489 g/mol. The van der Waals surface area contributed by atoms with Crippen LogP contribution in [0.15, 0.2) is 58.0 Å². The molecule has 0 saturated heterocycles. The van der Waals surface area contributed by atoms with Gasteiger partial charge < -0.3 is 25.4 Å². The Morgan fingerprint density at radius 2 is 1.77 bits per heavy atom. The molecule has 0 radical (unpaired) electrons. The summed E-state index contributed by atoms with van der Waals surface area (Å²) in [5, 5.41) is 8.51. The minimum atomic E-state index is -4.42. The highest BCUT2D eigenvalue weighted by Gasteiger charge is 2.30. The zero-order valence-corrected chi connectivity index (χ0v) is 19.7. The van der Waals surface area contributed by atoms with E-state index in [9.17, 15) is 18.0 Å². The lowest BCUT2D eigenvalue weighted by molar-refractivity contribution is -0.122. The number of methoxy groups -OCH3 is 2. The number of halogens is 3. The van der Waals surface area contributed by atoms with Crippen molar-refractivity contribution in [2.75, 3.05) is 20.8 Å². The van der Waals surface area contributed by atoms with E-state index in [2.05, 4.69) is 20.9 Å². The van der Waals surface area contributed by atoms with Crippen LogP contribution in [0.25, 0.3) is 11.4 Å². The number of nitrogens with one attached hydrogen (secondary N) is 3. The number of fused-ring (bicyclic) bond motifs is 1. The summed E-state index contributed by atoms with van der Waals surface area (Å²) in [6.07, 6.45) is -0.857. The fraction of sp³-hybridized carbons (Fsp3) is 0.333. The molecule has 2 atom stereocenters. The highest BCUT2D eigenvalue weighted by molar-refractivity contribution is 5.86. The van der Waals surface area contributed by atoms with Crippen LogP contribution in [0.1, 0.15) is 31.0 Å². The Morgan fingerprint density at radius 3 is 2.37 bits per heavy atom. The largest absolute Gasteiger partial charge is 0.499 e. The number of guanidine groups is 1. The lowest BCUT2D eigenvalue weighted by atomic mass is 10.0. The number of nitrogens with zero attached hydrogens (tertiary/aromatic N) is 2. The van der Waals surface area contributed by atoms with Crippen molar-refractivity contribution in [2.24, 2.45) is 4.99 Å². The summed E-state index contributed by atoms with van der Waals surface area (Å²) in [6.45, 7) is 2.45. The maximum absolute atomic E-state index is 13.8. The van der Waals surface area contributed by atoms with Crippen LogP contribution in [0.2, 0.25) is 0 Å². The Balaban J connectivity index is 1.90. The molecule has 2 aromatic rings. The van der Waals surface area contributed by atoms with Crippen molar-refractivity contribution in [3.63, 3.8) is 0 Å². The number of rotatable bonds is 5. The Hall–Kier alpha value is -3.89. The van der Waals surface area contributed by atoms with E-state index >= 15 is 0 Å². The van der Waals surface area contributed by atoms with Gasteiger partial charge in [-0.1, -0.05) is 0 Å². The quantitative estimate of drug-likeness (QED) is 0.596. The summed E-state index contributed by atoms with van der Waals surface area (Å²) in [7, 11) is 3.11. The van der Waals surface area contributed by atoms with E-state index < -0.39 is 18.8 Å². The molecule has 0 saturated carbocycles. The van der Waals surface area contributed by atoms with Crippen LogP contribution in [-0.4, -0.2) is 43.5 Å². The van der Waals surface area contributed by atoms with Gasteiger partial charge in [-0.3, -0.25) is 9.36 Å². The van der Waals surface area contributed by atoms with E-state index in [4.69, 9.17) is 9.47 Å². The number of dihydropyridines is 1. The zero-order valence-electron chi connectivity index (χ0n) is 19.7. The fourth-order valence-electron chi connectivity index (χ4n) is 3.99. The molecule has 2 aliphatic heterocycles. The van der Waals surface area contributed by atoms with Crippen molar-refractivity contribution >= 4 is 17.5 Å². The molecule has 11 heteroatoms. The first-order valence-electron chi connectivity index (χ1n) is 10.9. The van der Waals surface area contributed by atoms with Gasteiger partial charge in [-0.2, -0.15) is 18.2 Å². The van der Waals surface area contributed by atoms with Crippen molar-refractivity contribution in [1.82, 2.24) is 20.5 Å². The van der Waals surface area contributed by atoms with Gasteiger partial charge in [0.25, 0.3) is 5.56 Å². The predicted octanol–water partition coefficient (Wildman–Crippen LogP) is 3.51. The smallest absolute Gasteiger partial charge is 0.405 e. The first-order chi connectivity index (χ1) is 16.6. The van der Waals surface area contributed by atoms with Gasteiger partial charge in [0.05, 0.1) is 37.6 Å². The summed E-state index contributed by atoms with van der Waals surface area (Å²) in [4.78, 5) is 18.2. The Labute approximate surface area is 200 Å². The number of hydrogen-bond donors (Lipinski definition) is 3. The lowest BCUT2D eigenvalue weighted by Gasteiger charge is -2.29. The molecule has 35 heavy (non-hydrogen) atoms. The summed E-state index contributed by atoms with van der Waals surface area (Å²) in [6, 6.07) is 7.94. The minimum absolute atomic E-state index is 0.0620. The van der Waals surface area contributed by atoms with Crippen molar-refractivity contribution in [3.8, 4) is 11.4 Å². The van der Waals surface area contributed by atoms with Crippen molar-refractivity contribution in [2.45, 2.75) is 32.1 Å². The first-order valence-corrected chi connectivity index (χ1v) is 10.9. The van der Waals surface area contributed by atoms with Crippen LogP contribution in [-0.2, 0) is 4.74 Å². The number of hydrogen-bond acceptors (Lipinski definition) is 7. The SMILES string of the molecule is COC1=CC=C(c2cc3c(n(-c4ccc(OC)cc4)c2=O)N=C(NCC(F)(F)F)NC3C)N[C@H]1C. The summed E-state index contributed by atoms with van der Waals surface area (Å²) >= 11 is 0. The van der Waals surface area contributed by atoms with Gasteiger partial charge in [0.1, 0.15) is 23.9 Å². The second-order valence-corrected chi connectivity index (χ2v) is 8.19. The van der Waals surface area contributed by atoms with Crippen LogP contribution in [0.3, 0.4) is 0 Å². The molecule has 4 rings (SSSR count). The van der Waals surface area contributed by atoms with Crippen LogP contribution in [0.5, 0.6) is 5.75 Å². The number of aromatic nitrogens is 1. The maximum Gasteiger partial charge on any atom is 0.405 e. The number of pyridine rings is 1. The third kappa shape index (κ3) is 4.98. The third-order valence-electron chi connectivity index (χ3n) is 5.77. The Bertz CT molecular complexity index is 1260. The molecule has 3 N–H and O–H groups in total. The lowest BCUT2D eigenvalue weighted by Crippen LogP contribution is -2.45. The third-order valence-corrected chi connectivity index (χ3v) is 5.77. The number of benzene rings is 1. The van der Waals surface area contributed by atoms with Crippen LogP contribution in [0, 0.1) is 0 Å². The first kappa shape index (κ1) is 24.2. The molecule has 1 aromatic carbocycles. The number of allylic oxidation sites excluding steroid dienone is 2. The minimum Gasteiger partial charge on any atom is -0.499 e. The van der Waals surface area contributed by atoms with E-state index in [1.165, 1.54) is 11.7 Å². The topological polar surface area (TPSA) is 88.9 Å². The summed E-state index contributed by atoms with van der Waals surface area (Å²) in [5.74, 6) is 1.51. The highest BCUT2D eigenvalue weighted by Crippen LogP contribution is 2.33. The second kappa shape index (κ2) is 9.40. The van der Waals surface area contributed by atoms with Gasteiger partial charge in [0, 0.05) is 11.3 Å². The standard InChI is InChI=1S/C24H26F3N5O3/c1-13-17-11-18(19-9-10-20(35-4)14(2)29-19)22(33)32(15-5-7-16(34-3)8-6-15)21(17)31-23(30-13)28-12-24(25,26)27/h5-11,13-14,29H,12H2,1-4H3,(H2,28,30,31)/t13?,14-/m0/s1. The summed E-state index contributed by atoms with van der Waals surface area (Å²) < 4.78 is 50.3. The Morgan fingerprint density at radius 1 is 1.06 bits per heavy atom. The molecular weight excluding hydrogens is 463 g/mol. The molecule has 1 aromatic heterocycles. The van der Waals surface area contributed by atoms with Crippen LogP contribution >= 0.6 is 0 Å². The molecule has 0 aliphatic carbocycles. The van der Waals surface area contributed by atoms with Gasteiger partial charge in [-0.15, -0.1) is 0 Å². The molecule has 2 aliphatic rings. The molecule has 0 bridgehead atoms. The van der Waals surface area contributed by atoms with E-state index in [0.717, 1.165) is 5.76 Å². The maximum atomic E-state index is 13.8. The van der Waals surface area contributed by atoms with Gasteiger partial charge in [-0.05, 0) is 56.3 Å². The van der Waals surface area contributed by atoms with E-state index in [1.807, 2.05) is 6.92 Å². The van der Waals surface area contributed by atoms with Gasteiger partial charge in [-0.25, -0.2) is 0 Å². The van der Waals surface area contributed by atoms with Crippen molar-refractivity contribution in [3.05, 3.63) is 69.7 Å². The molecule has 3 heterocycles. The van der Waals surface area contributed by atoms with Crippen molar-refractivity contribution < 1.29 is 22.6 Å². The summed E-state index contributed by atoms with van der Waals surface area (Å²) in [5.41, 5.74) is 1.78. The number of aliphatic imine (C=N–C) groups is 1. The predicted molar refractivity (Wildman–Crippen MR) is 127 cm³/mol. The van der Waals surface area contributed by atoms with E-state index in [0.29, 0.717) is 28.3 Å². The average Bonchev–Trinajstić information content (AvgIpc) is 2.82.